The number of amides is 1. The van der Waals surface area contributed by atoms with E-state index in [2.05, 4.69) is 5.32 Å². The first-order chi connectivity index (χ1) is 8.94. The Kier molecular flexibility index (Phi) is 4.38. The summed E-state index contributed by atoms with van der Waals surface area (Å²) in [5.41, 5.74) is -0.935. The number of rotatable bonds is 3. The predicted octanol–water partition coefficient (Wildman–Crippen LogP) is 3.57. The van der Waals surface area contributed by atoms with Crippen molar-refractivity contribution in [1.82, 2.24) is 5.32 Å². The molecule has 0 saturated heterocycles. The standard InChI is InChI=1S/C12H13Cl2NO3S/c13-8-6-7(9(14)19-8)10(16)15-12(11(17)18)4-2-1-3-5-12/h6H,1-5H2,(H,15,16)(H,17,18). The molecule has 0 aliphatic heterocycles. The first kappa shape index (κ1) is 14.6. The minimum Gasteiger partial charge on any atom is -0.480 e. The molecule has 7 heteroatoms. The van der Waals surface area contributed by atoms with Gasteiger partial charge in [0.15, 0.2) is 0 Å². The van der Waals surface area contributed by atoms with E-state index in [1.54, 1.807) is 0 Å². The number of nitrogens with one attached hydrogen (secondary N) is 1. The Morgan fingerprint density at radius 1 is 1.26 bits per heavy atom. The molecule has 0 radical (unpaired) electrons. The minimum absolute atomic E-state index is 0.239. The van der Waals surface area contributed by atoms with E-state index in [4.69, 9.17) is 23.2 Å². The molecule has 0 spiro atoms. The summed E-state index contributed by atoms with van der Waals surface area (Å²) in [7, 11) is 0. The minimum atomic E-state index is -1.17. The van der Waals surface area contributed by atoms with Crippen LogP contribution < -0.4 is 5.32 Å². The predicted molar refractivity (Wildman–Crippen MR) is 75.3 cm³/mol. The van der Waals surface area contributed by atoms with Crippen LogP contribution in [0.15, 0.2) is 6.07 Å². The zero-order valence-electron chi connectivity index (χ0n) is 10.0. The lowest BCUT2D eigenvalue weighted by Gasteiger charge is -2.33. The molecular formula is C12H13Cl2NO3S. The van der Waals surface area contributed by atoms with Gasteiger partial charge in [0.25, 0.3) is 5.91 Å². The molecule has 1 aliphatic rings. The van der Waals surface area contributed by atoms with Gasteiger partial charge in [-0.25, -0.2) is 4.79 Å². The van der Waals surface area contributed by atoms with Crippen LogP contribution in [0.2, 0.25) is 8.67 Å². The molecule has 2 rings (SSSR count). The van der Waals surface area contributed by atoms with Gasteiger partial charge < -0.3 is 10.4 Å². The molecule has 4 nitrogen and oxygen atoms in total. The fourth-order valence-corrected chi connectivity index (χ4v) is 3.79. The van der Waals surface area contributed by atoms with Crippen molar-refractivity contribution < 1.29 is 14.7 Å². The lowest BCUT2D eigenvalue weighted by molar-refractivity contribution is -0.145. The summed E-state index contributed by atoms with van der Waals surface area (Å²) in [6, 6.07) is 1.46. The van der Waals surface area contributed by atoms with E-state index < -0.39 is 17.4 Å². The van der Waals surface area contributed by atoms with Crippen LogP contribution in [0.1, 0.15) is 42.5 Å². The third-order valence-electron chi connectivity index (χ3n) is 3.37. The van der Waals surface area contributed by atoms with Crippen LogP contribution in [0.4, 0.5) is 0 Å². The molecule has 0 atom stereocenters. The molecule has 0 aromatic carbocycles. The Labute approximate surface area is 124 Å². The highest BCUT2D eigenvalue weighted by molar-refractivity contribution is 7.20. The van der Waals surface area contributed by atoms with Crippen molar-refractivity contribution in [2.75, 3.05) is 0 Å². The summed E-state index contributed by atoms with van der Waals surface area (Å²) in [4.78, 5) is 23.6. The summed E-state index contributed by atoms with van der Waals surface area (Å²) in [6.07, 6.45) is 3.48. The van der Waals surface area contributed by atoms with Gasteiger partial charge in [0, 0.05) is 0 Å². The Balaban J connectivity index is 2.20. The lowest BCUT2D eigenvalue weighted by atomic mass is 9.81. The van der Waals surface area contributed by atoms with Gasteiger partial charge in [-0.1, -0.05) is 42.5 Å². The quantitative estimate of drug-likeness (QED) is 0.894. The highest BCUT2D eigenvalue weighted by Gasteiger charge is 2.41. The van der Waals surface area contributed by atoms with Crippen LogP contribution in [0.3, 0.4) is 0 Å². The fourth-order valence-electron chi connectivity index (χ4n) is 2.33. The summed E-state index contributed by atoms with van der Waals surface area (Å²) in [5.74, 6) is -1.46. The number of halogens is 2. The molecule has 1 fully saturated rings. The molecule has 104 valence electrons. The highest BCUT2D eigenvalue weighted by Crippen LogP contribution is 2.33. The average Bonchev–Trinajstić information content (AvgIpc) is 2.69. The highest BCUT2D eigenvalue weighted by atomic mass is 35.5. The monoisotopic (exact) mass is 321 g/mol. The zero-order valence-corrected chi connectivity index (χ0v) is 12.4. The number of carbonyl (C=O) groups is 2. The number of carboxylic acid groups (broad SMARTS) is 1. The van der Waals surface area contributed by atoms with Gasteiger partial charge >= 0.3 is 5.97 Å². The Morgan fingerprint density at radius 3 is 2.37 bits per heavy atom. The smallest absolute Gasteiger partial charge is 0.329 e. The van der Waals surface area contributed by atoms with E-state index in [0.717, 1.165) is 30.6 Å². The van der Waals surface area contributed by atoms with E-state index in [1.807, 2.05) is 0 Å². The first-order valence-corrected chi connectivity index (χ1v) is 7.52. The van der Waals surface area contributed by atoms with Crippen molar-refractivity contribution in [3.05, 3.63) is 20.3 Å². The van der Waals surface area contributed by atoms with Gasteiger partial charge in [0.05, 0.1) is 9.90 Å². The van der Waals surface area contributed by atoms with Gasteiger partial charge in [-0.05, 0) is 18.9 Å². The Bertz CT molecular complexity index is 509. The van der Waals surface area contributed by atoms with E-state index in [1.165, 1.54) is 6.07 Å². The van der Waals surface area contributed by atoms with Crippen molar-refractivity contribution in [3.63, 3.8) is 0 Å². The summed E-state index contributed by atoms with van der Waals surface area (Å²) < 4.78 is 0.682. The van der Waals surface area contributed by atoms with Crippen LogP contribution in [0.5, 0.6) is 0 Å². The van der Waals surface area contributed by atoms with Gasteiger partial charge in [-0.15, -0.1) is 11.3 Å². The Morgan fingerprint density at radius 2 is 1.89 bits per heavy atom. The molecule has 0 unspecified atom stereocenters. The SMILES string of the molecule is O=C(NC1(C(=O)O)CCCCC1)c1cc(Cl)sc1Cl. The van der Waals surface area contributed by atoms with Gasteiger partial charge in [0.1, 0.15) is 9.88 Å². The fraction of sp³-hybridized carbons (Fsp3) is 0.500. The molecule has 1 aromatic rings. The molecule has 1 amide bonds. The van der Waals surface area contributed by atoms with Crippen molar-refractivity contribution in [3.8, 4) is 0 Å². The maximum atomic E-state index is 12.1. The first-order valence-electron chi connectivity index (χ1n) is 5.95. The number of carboxylic acids is 1. The third kappa shape index (κ3) is 3.04. The van der Waals surface area contributed by atoms with Crippen LogP contribution >= 0.6 is 34.5 Å². The molecule has 1 aliphatic carbocycles. The van der Waals surface area contributed by atoms with Crippen LogP contribution in [-0.2, 0) is 4.79 Å². The molecule has 0 bridgehead atoms. The zero-order chi connectivity index (χ0) is 14.0. The number of hydrogen-bond acceptors (Lipinski definition) is 3. The largest absolute Gasteiger partial charge is 0.480 e. The molecule has 2 N–H and O–H groups in total. The lowest BCUT2D eigenvalue weighted by Crippen LogP contribution is -2.55. The van der Waals surface area contributed by atoms with Crippen molar-refractivity contribution >= 4 is 46.4 Å². The molecule has 1 heterocycles. The van der Waals surface area contributed by atoms with E-state index in [0.29, 0.717) is 17.2 Å². The van der Waals surface area contributed by atoms with Gasteiger partial charge in [0.2, 0.25) is 0 Å². The normalized spacial score (nSPS) is 18.0. The Hall–Kier alpha value is -0.780. The molecule has 1 saturated carbocycles. The molecule has 19 heavy (non-hydrogen) atoms. The average molecular weight is 322 g/mol. The molecular weight excluding hydrogens is 309 g/mol. The second-order valence-electron chi connectivity index (χ2n) is 4.64. The van der Waals surface area contributed by atoms with Crippen LogP contribution in [0.25, 0.3) is 0 Å². The number of thiophene rings is 1. The maximum absolute atomic E-state index is 12.1. The second kappa shape index (κ2) is 5.69. The van der Waals surface area contributed by atoms with E-state index >= 15 is 0 Å². The van der Waals surface area contributed by atoms with Crippen LogP contribution in [-0.4, -0.2) is 22.5 Å². The van der Waals surface area contributed by atoms with Crippen molar-refractivity contribution in [2.24, 2.45) is 0 Å². The number of carbonyl (C=O) groups excluding carboxylic acids is 1. The third-order valence-corrected chi connectivity index (χ3v) is 4.86. The second-order valence-corrected chi connectivity index (χ2v) is 6.93. The summed E-state index contributed by atoms with van der Waals surface area (Å²) in [5, 5.41) is 12.0. The number of aliphatic carboxylic acids is 1. The number of hydrogen-bond donors (Lipinski definition) is 2. The van der Waals surface area contributed by atoms with Crippen molar-refractivity contribution in [2.45, 2.75) is 37.6 Å². The maximum Gasteiger partial charge on any atom is 0.329 e. The van der Waals surface area contributed by atoms with E-state index in [-0.39, 0.29) is 9.90 Å². The summed E-state index contributed by atoms with van der Waals surface area (Å²) >= 11 is 12.8. The molecule has 1 aromatic heterocycles. The summed E-state index contributed by atoms with van der Waals surface area (Å²) in [6.45, 7) is 0. The van der Waals surface area contributed by atoms with Crippen LogP contribution in [0, 0.1) is 0 Å². The van der Waals surface area contributed by atoms with Gasteiger partial charge in [-0.2, -0.15) is 0 Å². The van der Waals surface area contributed by atoms with Gasteiger partial charge in [-0.3, -0.25) is 4.79 Å². The van der Waals surface area contributed by atoms with E-state index in [9.17, 15) is 14.7 Å². The van der Waals surface area contributed by atoms with Crippen molar-refractivity contribution in [1.29, 1.82) is 0 Å². The topological polar surface area (TPSA) is 66.4 Å².